The number of hydrogen-bond donors (Lipinski definition) is 3. The zero-order valence-corrected chi connectivity index (χ0v) is 17.2. The van der Waals surface area contributed by atoms with E-state index in [9.17, 15) is 19.2 Å². The molecular weight excluding hydrogens is 384 g/mol. The van der Waals surface area contributed by atoms with Gasteiger partial charge < -0.3 is 30.8 Å². The fraction of sp³-hybridized carbons (Fsp3) is 0.778. The molecule has 0 bridgehead atoms. The van der Waals surface area contributed by atoms with E-state index in [1.807, 2.05) is 6.26 Å². The van der Waals surface area contributed by atoms with E-state index >= 15 is 0 Å². The zero-order valence-electron chi connectivity index (χ0n) is 17.4. The minimum atomic E-state index is -0.766. The van der Waals surface area contributed by atoms with E-state index in [-0.39, 0.29) is 50.3 Å². The van der Waals surface area contributed by atoms with Gasteiger partial charge in [-0.3, -0.25) is 14.4 Å². The van der Waals surface area contributed by atoms with Gasteiger partial charge in [-0.25, -0.2) is 0 Å². The molecule has 0 aliphatic carbocycles. The highest BCUT2D eigenvalue weighted by Gasteiger charge is 2.33. The lowest BCUT2D eigenvalue weighted by atomic mass is 10.1. The highest BCUT2D eigenvalue weighted by Crippen LogP contribution is 2.18. The maximum absolute atomic E-state index is 12.8. The first-order valence-electron chi connectivity index (χ1n) is 10.0. The smallest absolute Gasteiger partial charge is 0.245 e. The molecular formula is C18H32N4O5S. The molecule has 0 unspecified atom stereocenters. The van der Waals surface area contributed by atoms with E-state index in [2.05, 4.69) is 10.6 Å². The largest absolute Gasteiger partial charge is 0.379 e. The molecule has 0 spiro atoms. The van der Waals surface area contributed by atoms with E-state index in [1.54, 1.807) is 11.8 Å². The fourth-order valence-electron chi connectivity index (χ4n) is 2.86. The Bertz CT molecular complexity index is 566. The lowest BCUT2D eigenvalue weighted by Gasteiger charge is -2.26. The van der Waals surface area contributed by atoms with Gasteiger partial charge in [0, 0.05) is 32.5 Å². The number of rotatable bonds is 14. The van der Waals surface area contributed by atoms with E-state index in [0.717, 1.165) is 0 Å². The van der Waals surface area contributed by atoms with Crippen LogP contribution in [0.5, 0.6) is 0 Å². The van der Waals surface area contributed by atoms with Crippen molar-refractivity contribution >= 4 is 35.7 Å². The highest BCUT2D eigenvalue weighted by molar-refractivity contribution is 7.98. The van der Waals surface area contributed by atoms with Crippen molar-refractivity contribution in [1.29, 1.82) is 0 Å². The van der Waals surface area contributed by atoms with Crippen molar-refractivity contribution < 1.29 is 25.3 Å². The SMILES string of the molecule is [2H]C(=O)[C@@H]1CCCN1C(=O)[C@H](CCSC)NC(=O)CCOCCNC(=O)CCN. The van der Waals surface area contributed by atoms with Crippen LogP contribution in [0.25, 0.3) is 0 Å². The normalized spacial score (nSPS) is 17.7. The number of aldehydes is 1. The number of nitrogens with two attached hydrogens (primary N) is 1. The number of hydrogen-bond acceptors (Lipinski definition) is 7. The van der Waals surface area contributed by atoms with Crippen LogP contribution in [0.2, 0.25) is 0 Å². The third-order valence-electron chi connectivity index (χ3n) is 4.33. The first-order chi connectivity index (χ1) is 13.9. The van der Waals surface area contributed by atoms with Crippen LogP contribution in [0.3, 0.4) is 0 Å². The van der Waals surface area contributed by atoms with Gasteiger partial charge in [0.2, 0.25) is 17.7 Å². The number of likely N-dealkylation sites (tertiary alicyclic amines) is 1. The molecule has 1 aliphatic heterocycles. The summed E-state index contributed by atoms with van der Waals surface area (Å²) in [5.74, 6) is -0.0813. The number of nitrogens with one attached hydrogen (secondary N) is 2. The molecule has 0 radical (unpaired) electrons. The Hall–Kier alpha value is -1.65. The fourth-order valence-corrected chi connectivity index (χ4v) is 3.33. The molecule has 9 nitrogen and oxygen atoms in total. The second kappa shape index (κ2) is 14.4. The molecule has 160 valence electrons. The summed E-state index contributed by atoms with van der Waals surface area (Å²) in [6.07, 6.45) is 3.12. The van der Waals surface area contributed by atoms with Crippen molar-refractivity contribution in [3.63, 3.8) is 0 Å². The van der Waals surface area contributed by atoms with E-state index < -0.39 is 18.3 Å². The van der Waals surface area contributed by atoms with Gasteiger partial charge in [0.15, 0.2) is 0 Å². The maximum Gasteiger partial charge on any atom is 0.245 e. The first kappa shape index (κ1) is 22.6. The summed E-state index contributed by atoms with van der Waals surface area (Å²) < 4.78 is 12.7. The number of nitrogens with zero attached hydrogens (tertiary/aromatic N) is 1. The highest BCUT2D eigenvalue weighted by atomic mass is 32.2. The van der Waals surface area contributed by atoms with Gasteiger partial charge in [-0.1, -0.05) is 0 Å². The zero-order chi connectivity index (χ0) is 21.6. The van der Waals surface area contributed by atoms with Gasteiger partial charge in [0.25, 0.3) is 0 Å². The second-order valence-electron chi connectivity index (χ2n) is 6.46. The van der Waals surface area contributed by atoms with E-state index in [0.29, 0.717) is 38.1 Å². The van der Waals surface area contributed by atoms with Crippen molar-refractivity contribution in [3.05, 3.63) is 0 Å². The summed E-state index contributed by atoms with van der Waals surface area (Å²) in [4.78, 5) is 49.2. The quantitative estimate of drug-likeness (QED) is 0.251. The van der Waals surface area contributed by atoms with Crippen molar-refractivity contribution in [2.75, 3.05) is 44.9 Å². The van der Waals surface area contributed by atoms with Crippen LogP contribution < -0.4 is 16.4 Å². The van der Waals surface area contributed by atoms with Gasteiger partial charge in [-0.15, -0.1) is 0 Å². The molecule has 1 saturated heterocycles. The van der Waals surface area contributed by atoms with Crippen molar-refractivity contribution in [2.45, 2.75) is 44.2 Å². The van der Waals surface area contributed by atoms with Crippen LogP contribution >= 0.6 is 11.8 Å². The van der Waals surface area contributed by atoms with Crippen LogP contribution in [-0.4, -0.2) is 85.8 Å². The van der Waals surface area contributed by atoms with Gasteiger partial charge in [0.1, 0.15) is 13.7 Å². The third kappa shape index (κ3) is 9.03. The molecule has 0 aromatic carbocycles. The first-order valence-corrected chi connectivity index (χ1v) is 10.9. The van der Waals surface area contributed by atoms with Gasteiger partial charge in [0.05, 0.1) is 19.3 Å². The minimum Gasteiger partial charge on any atom is -0.379 e. The predicted molar refractivity (Wildman–Crippen MR) is 108 cm³/mol. The van der Waals surface area contributed by atoms with Crippen molar-refractivity contribution in [1.82, 2.24) is 15.5 Å². The summed E-state index contributed by atoms with van der Waals surface area (Å²) in [6, 6.07) is -1.43. The summed E-state index contributed by atoms with van der Waals surface area (Å²) in [5, 5.41) is 5.38. The summed E-state index contributed by atoms with van der Waals surface area (Å²) in [6.45, 7) is 1.50. The predicted octanol–water partition coefficient (Wildman–Crippen LogP) is -0.714. The number of ether oxygens (including phenoxy) is 1. The van der Waals surface area contributed by atoms with Crippen LogP contribution in [0.1, 0.15) is 33.5 Å². The molecule has 1 fully saturated rings. The molecule has 10 heteroatoms. The van der Waals surface area contributed by atoms with Crippen molar-refractivity contribution in [2.24, 2.45) is 5.73 Å². The number of carbonyl (C=O) groups is 4. The standard InChI is InChI=1S/C18H32N4O5S/c1-28-12-6-15(18(26)22-9-2-3-14(22)13-23)21-17(25)5-10-27-11-8-20-16(24)4-7-19/h13-15H,2-12,19H2,1H3,(H,20,24)(H,21,25)/t14-,15-/m0/s1/i13D. The van der Waals surface area contributed by atoms with E-state index in [1.165, 1.54) is 4.90 Å². The molecule has 1 rings (SSSR count). The molecule has 1 heterocycles. The Morgan fingerprint density at radius 2 is 2.14 bits per heavy atom. The minimum absolute atomic E-state index is 0.0839. The molecule has 2 atom stereocenters. The third-order valence-corrected chi connectivity index (χ3v) is 4.97. The van der Waals surface area contributed by atoms with Crippen LogP contribution in [0.15, 0.2) is 0 Å². The van der Waals surface area contributed by atoms with Crippen molar-refractivity contribution in [3.8, 4) is 0 Å². The number of carbonyl (C=O) groups excluding carboxylic acids is 4. The van der Waals surface area contributed by atoms with Crippen LogP contribution in [0.4, 0.5) is 0 Å². The Labute approximate surface area is 171 Å². The number of thioether (sulfide) groups is 1. The molecule has 4 N–H and O–H groups in total. The van der Waals surface area contributed by atoms with Gasteiger partial charge in [-0.2, -0.15) is 11.8 Å². The topological polar surface area (TPSA) is 131 Å². The van der Waals surface area contributed by atoms with Gasteiger partial charge in [-0.05, 0) is 31.3 Å². The average Bonchev–Trinajstić information content (AvgIpc) is 3.17. The summed E-state index contributed by atoms with van der Waals surface area (Å²) in [7, 11) is 0. The monoisotopic (exact) mass is 417 g/mol. The Balaban J connectivity index is 2.41. The van der Waals surface area contributed by atoms with Gasteiger partial charge >= 0.3 is 0 Å². The Morgan fingerprint density at radius 1 is 1.36 bits per heavy atom. The lowest BCUT2D eigenvalue weighted by Crippen LogP contribution is -2.50. The molecule has 0 saturated carbocycles. The Kier molecular flexibility index (Phi) is 11.6. The lowest BCUT2D eigenvalue weighted by molar-refractivity contribution is -0.138. The molecule has 3 amide bonds. The Morgan fingerprint density at radius 3 is 2.82 bits per heavy atom. The molecule has 28 heavy (non-hydrogen) atoms. The molecule has 0 aromatic rings. The van der Waals surface area contributed by atoms with E-state index in [4.69, 9.17) is 11.8 Å². The van der Waals surface area contributed by atoms with Crippen LogP contribution in [0, 0.1) is 0 Å². The summed E-state index contributed by atoms with van der Waals surface area (Å²) in [5.41, 5.74) is 5.28. The molecule has 0 aromatic heterocycles. The second-order valence-corrected chi connectivity index (χ2v) is 7.45. The average molecular weight is 418 g/mol. The summed E-state index contributed by atoms with van der Waals surface area (Å²) >= 11 is 1.56. The number of amides is 3. The maximum atomic E-state index is 12.8. The molecule has 1 aliphatic rings. The van der Waals surface area contributed by atoms with Crippen LogP contribution in [-0.2, 0) is 23.9 Å².